The third-order valence-corrected chi connectivity index (χ3v) is 3.78. The van der Waals surface area contributed by atoms with Gasteiger partial charge >= 0.3 is 5.97 Å². The molecule has 1 aromatic heterocycles. The number of fused-ring (bicyclic) bond motifs is 3. The van der Waals surface area contributed by atoms with E-state index in [9.17, 15) is 4.79 Å². The number of nitrogens with one attached hydrogen (secondary N) is 1. The van der Waals surface area contributed by atoms with Gasteiger partial charge in [-0.2, -0.15) is 0 Å². The summed E-state index contributed by atoms with van der Waals surface area (Å²) in [7, 11) is 0. The van der Waals surface area contributed by atoms with Crippen molar-refractivity contribution in [2.75, 3.05) is 13.2 Å². The smallest absolute Gasteiger partial charge is 0.320 e. The molecular formula is C16H18N2O2. The lowest BCUT2D eigenvalue weighted by molar-refractivity contribution is -0.143. The first kappa shape index (κ1) is 12.9. The van der Waals surface area contributed by atoms with Crippen LogP contribution in [-0.4, -0.2) is 30.3 Å². The molecule has 1 aliphatic rings. The second-order valence-corrected chi connectivity index (χ2v) is 5.05. The molecule has 20 heavy (non-hydrogen) atoms. The number of aryl methyl sites for hydroxylation is 1. The number of hydrogen-bond acceptors (Lipinski definition) is 3. The van der Waals surface area contributed by atoms with Gasteiger partial charge in [-0.3, -0.25) is 9.79 Å². The fourth-order valence-corrected chi connectivity index (χ4v) is 2.82. The van der Waals surface area contributed by atoms with Crippen molar-refractivity contribution >= 4 is 23.1 Å². The third kappa shape index (κ3) is 2.01. The molecule has 1 aliphatic heterocycles. The van der Waals surface area contributed by atoms with Crippen LogP contribution in [0.2, 0.25) is 0 Å². The Kier molecular flexibility index (Phi) is 3.30. The Labute approximate surface area is 117 Å². The second-order valence-electron chi connectivity index (χ2n) is 5.05. The maximum absolute atomic E-state index is 12.1. The number of carbonyl (C=O) groups excluding carboxylic acids is 1. The van der Waals surface area contributed by atoms with Crippen LogP contribution in [0.15, 0.2) is 23.2 Å². The molecule has 3 rings (SSSR count). The third-order valence-electron chi connectivity index (χ3n) is 3.78. The van der Waals surface area contributed by atoms with E-state index in [0.717, 1.165) is 17.6 Å². The van der Waals surface area contributed by atoms with Gasteiger partial charge in [-0.05, 0) is 31.4 Å². The molecule has 4 heteroatoms. The molecule has 2 heterocycles. The predicted octanol–water partition coefficient (Wildman–Crippen LogP) is 2.75. The minimum absolute atomic E-state index is 0.233. The van der Waals surface area contributed by atoms with Crippen LogP contribution in [0.25, 0.3) is 10.9 Å². The van der Waals surface area contributed by atoms with Crippen LogP contribution in [0, 0.1) is 6.92 Å². The van der Waals surface area contributed by atoms with Crippen LogP contribution in [0.3, 0.4) is 0 Å². The number of rotatable bonds is 2. The molecule has 0 spiro atoms. The zero-order chi connectivity index (χ0) is 14.1. The fraction of sp³-hybridized carbons (Fsp3) is 0.375. The highest BCUT2D eigenvalue weighted by Gasteiger charge is 2.27. The Bertz CT molecular complexity index is 685. The molecule has 1 atom stereocenters. The van der Waals surface area contributed by atoms with Gasteiger partial charge in [0.25, 0.3) is 0 Å². The summed E-state index contributed by atoms with van der Waals surface area (Å²) in [4.78, 5) is 19.9. The number of benzene rings is 1. The van der Waals surface area contributed by atoms with E-state index < -0.39 is 5.92 Å². The minimum Gasteiger partial charge on any atom is -0.465 e. The lowest BCUT2D eigenvalue weighted by Gasteiger charge is -2.10. The average Bonchev–Trinajstić information content (AvgIpc) is 2.67. The molecule has 0 fully saturated rings. The monoisotopic (exact) mass is 270 g/mol. The highest BCUT2D eigenvalue weighted by atomic mass is 16.5. The Morgan fingerprint density at radius 3 is 3.15 bits per heavy atom. The molecule has 0 saturated heterocycles. The molecule has 0 aliphatic carbocycles. The molecule has 1 N–H and O–H groups in total. The summed E-state index contributed by atoms with van der Waals surface area (Å²) in [6.45, 7) is 5.00. The van der Waals surface area contributed by atoms with Gasteiger partial charge in [0, 0.05) is 29.4 Å². The van der Waals surface area contributed by atoms with Gasteiger partial charge in [0.15, 0.2) is 0 Å². The molecule has 1 unspecified atom stereocenters. The van der Waals surface area contributed by atoms with E-state index >= 15 is 0 Å². The Balaban J connectivity index is 2.17. The van der Waals surface area contributed by atoms with Crippen LogP contribution in [0.5, 0.6) is 0 Å². The summed E-state index contributed by atoms with van der Waals surface area (Å²) >= 11 is 0. The van der Waals surface area contributed by atoms with Crippen LogP contribution in [0.4, 0.5) is 0 Å². The van der Waals surface area contributed by atoms with Crippen molar-refractivity contribution in [1.82, 2.24) is 4.98 Å². The number of para-hydroxylation sites is 1. The van der Waals surface area contributed by atoms with Crippen molar-refractivity contribution in [3.05, 3.63) is 35.0 Å². The van der Waals surface area contributed by atoms with Gasteiger partial charge in [0.05, 0.1) is 6.61 Å². The molecule has 2 aromatic rings. The maximum atomic E-state index is 12.1. The first-order valence-corrected chi connectivity index (χ1v) is 6.99. The van der Waals surface area contributed by atoms with E-state index in [1.807, 2.05) is 6.92 Å². The van der Waals surface area contributed by atoms with Crippen LogP contribution >= 0.6 is 0 Å². The van der Waals surface area contributed by atoms with Crippen molar-refractivity contribution in [1.29, 1.82) is 0 Å². The lowest BCUT2D eigenvalue weighted by atomic mass is 10.00. The highest BCUT2D eigenvalue weighted by molar-refractivity contribution is 5.99. The number of aliphatic imine (C=N–C) groups is 1. The molecule has 0 amide bonds. The Morgan fingerprint density at radius 1 is 1.50 bits per heavy atom. The van der Waals surface area contributed by atoms with Gasteiger partial charge in [0.1, 0.15) is 5.92 Å². The molecule has 104 valence electrons. The standard InChI is InChI=1S/C16H18N2O2/c1-3-20-16(19)13-9-17-8-7-12-11-6-4-5-10(2)14(11)18-15(12)13/h4-6,9,13,18H,3,7-8H2,1-2H3. The molecular weight excluding hydrogens is 252 g/mol. The highest BCUT2D eigenvalue weighted by Crippen LogP contribution is 2.31. The summed E-state index contributed by atoms with van der Waals surface area (Å²) in [6.07, 6.45) is 2.57. The number of carbonyl (C=O) groups is 1. The number of aromatic nitrogens is 1. The maximum Gasteiger partial charge on any atom is 0.320 e. The number of hydrogen-bond donors (Lipinski definition) is 1. The summed E-state index contributed by atoms with van der Waals surface area (Å²) in [5, 5.41) is 1.19. The zero-order valence-corrected chi connectivity index (χ0v) is 11.8. The van der Waals surface area contributed by atoms with Crippen LogP contribution in [-0.2, 0) is 16.0 Å². The molecule has 4 nitrogen and oxygen atoms in total. The Morgan fingerprint density at radius 2 is 2.35 bits per heavy atom. The number of aromatic amines is 1. The molecule has 1 aromatic carbocycles. The van der Waals surface area contributed by atoms with E-state index in [1.165, 1.54) is 16.5 Å². The van der Waals surface area contributed by atoms with E-state index in [-0.39, 0.29) is 5.97 Å². The summed E-state index contributed by atoms with van der Waals surface area (Å²) in [5.41, 5.74) is 4.44. The second kappa shape index (κ2) is 5.12. The molecule has 0 bridgehead atoms. The van der Waals surface area contributed by atoms with E-state index in [1.54, 1.807) is 6.21 Å². The quantitative estimate of drug-likeness (QED) is 0.853. The number of nitrogens with zero attached hydrogens (tertiary/aromatic N) is 1. The van der Waals surface area contributed by atoms with Gasteiger partial charge < -0.3 is 9.72 Å². The average molecular weight is 270 g/mol. The summed E-state index contributed by atoms with van der Waals surface area (Å²) in [6, 6.07) is 6.23. The Hall–Kier alpha value is -2.10. The van der Waals surface area contributed by atoms with Gasteiger partial charge in [-0.25, -0.2) is 0 Å². The minimum atomic E-state index is -0.417. The van der Waals surface area contributed by atoms with Crippen LogP contribution in [0.1, 0.15) is 29.7 Å². The SMILES string of the molecule is CCOC(=O)C1C=NCCc2c1[nH]c1c(C)cccc21. The van der Waals surface area contributed by atoms with E-state index in [4.69, 9.17) is 4.74 Å². The van der Waals surface area contributed by atoms with Gasteiger partial charge in [-0.1, -0.05) is 18.2 Å². The normalized spacial score (nSPS) is 17.8. The number of esters is 1. The van der Waals surface area contributed by atoms with Crippen molar-refractivity contribution in [3.63, 3.8) is 0 Å². The predicted molar refractivity (Wildman–Crippen MR) is 79.5 cm³/mol. The molecule has 0 radical (unpaired) electrons. The van der Waals surface area contributed by atoms with E-state index in [0.29, 0.717) is 13.2 Å². The van der Waals surface area contributed by atoms with Crippen molar-refractivity contribution in [2.24, 2.45) is 4.99 Å². The number of H-pyrrole nitrogens is 1. The van der Waals surface area contributed by atoms with Gasteiger partial charge in [-0.15, -0.1) is 0 Å². The number of ether oxygens (including phenoxy) is 1. The fourth-order valence-electron chi connectivity index (χ4n) is 2.82. The zero-order valence-electron chi connectivity index (χ0n) is 11.8. The largest absolute Gasteiger partial charge is 0.465 e. The van der Waals surface area contributed by atoms with Gasteiger partial charge in [0.2, 0.25) is 0 Å². The lowest BCUT2D eigenvalue weighted by Crippen LogP contribution is -2.18. The summed E-state index contributed by atoms with van der Waals surface area (Å²) in [5.74, 6) is -0.650. The van der Waals surface area contributed by atoms with Crippen molar-refractivity contribution in [2.45, 2.75) is 26.2 Å². The van der Waals surface area contributed by atoms with Crippen molar-refractivity contribution < 1.29 is 9.53 Å². The van der Waals surface area contributed by atoms with Crippen LogP contribution < -0.4 is 0 Å². The molecule has 0 saturated carbocycles. The van der Waals surface area contributed by atoms with E-state index in [2.05, 4.69) is 35.1 Å². The topological polar surface area (TPSA) is 54.4 Å². The summed E-state index contributed by atoms with van der Waals surface area (Å²) < 4.78 is 5.17. The first-order valence-electron chi connectivity index (χ1n) is 6.99. The van der Waals surface area contributed by atoms with Crippen molar-refractivity contribution in [3.8, 4) is 0 Å². The first-order chi connectivity index (χ1) is 9.72.